The first-order valence-corrected chi connectivity index (χ1v) is 7.34. The van der Waals surface area contributed by atoms with Crippen molar-refractivity contribution in [2.45, 2.75) is 38.6 Å². The summed E-state index contributed by atoms with van der Waals surface area (Å²) < 4.78 is 24.7. The third-order valence-electron chi connectivity index (χ3n) is 4.12. The molecule has 0 amide bonds. The normalized spacial score (nSPS) is 16.6. The van der Waals surface area contributed by atoms with Crippen LogP contribution in [-0.4, -0.2) is 20.8 Å². The fraction of sp³-hybridized carbons (Fsp3) is 0.625. The van der Waals surface area contributed by atoms with E-state index in [1.165, 1.54) is 32.4 Å². The summed E-state index contributed by atoms with van der Waals surface area (Å²) in [6.45, 7) is 2.87. The minimum absolute atomic E-state index is 0.0464. The molecular weight excluding hydrogens is 257 g/mol. The van der Waals surface area contributed by atoms with Crippen molar-refractivity contribution in [1.29, 1.82) is 0 Å². The predicted molar refractivity (Wildman–Crippen MR) is 77.9 cm³/mol. The van der Waals surface area contributed by atoms with Gasteiger partial charge in [0.15, 0.2) is 11.5 Å². The molecule has 0 radical (unpaired) electrons. The summed E-state index contributed by atoms with van der Waals surface area (Å²) >= 11 is 0. The number of methoxy groups -OCH3 is 2. The molecular formula is C16H24FNO2. The summed E-state index contributed by atoms with van der Waals surface area (Å²) in [6.07, 6.45) is 4.81. The van der Waals surface area contributed by atoms with Gasteiger partial charge >= 0.3 is 0 Å². The van der Waals surface area contributed by atoms with Gasteiger partial charge in [0, 0.05) is 17.7 Å². The van der Waals surface area contributed by atoms with Gasteiger partial charge in [0.2, 0.25) is 0 Å². The van der Waals surface area contributed by atoms with Crippen molar-refractivity contribution >= 4 is 0 Å². The van der Waals surface area contributed by atoms with Gasteiger partial charge in [-0.2, -0.15) is 0 Å². The molecule has 0 heterocycles. The lowest BCUT2D eigenvalue weighted by atomic mass is 9.79. The molecule has 1 aliphatic carbocycles. The molecule has 1 aromatic carbocycles. The molecule has 4 heteroatoms. The Bertz CT molecular complexity index is 446. The Kier molecular flexibility index (Phi) is 5.24. The molecule has 0 aromatic heterocycles. The number of benzene rings is 1. The van der Waals surface area contributed by atoms with Crippen LogP contribution in [0.5, 0.6) is 11.5 Å². The van der Waals surface area contributed by atoms with E-state index in [9.17, 15) is 4.39 Å². The topological polar surface area (TPSA) is 30.5 Å². The van der Waals surface area contributed by atoms with Gasteiger partial charge in [-0.3, -0.25) is 0 Å². The van der Waals surface area contributed by atoms with E-state index in [0.717, 1.165) is 13.0 Å². The molecule has 0 aliphatic heterocycles. The minimum atomic E-state index is -0.229. The third kappa shape index (κ3) is 3.23. The van der Waals surface area contributed by atoms with Crippen LogP contribution < -0.4 is 14.8 Å². The van der Waals surface area contributed by atoms with Gasteiger partial charge in [0.25, 0.3) is 0 Å². The monoisotopic (exact) mass is 281 g/mol. The molecule has 2 rings (SSSR count). The van der Waals surface area contributed by atoms with Crippen LogP contribution in [0.4, 0.5) is 4.39 Å². The Morgan fingerprint density at radius 3 is 2.40 bits per heavy atom. The van der Waals surface area contributed by atoms with Crippen molar-refractivity contribution in [2.24, 2.45) is 5.92 Å². The number of rotatable bonds is 7. The van der Waals surface area contributed by atoms with Crippen LogP contribution in [0.1, 0.15) is 44.2 Å². The maximum Gasteiger partial charge on any atom is 0.163 e. The average Bonchev–Trinajstić information content (AvgIpc) is 2.41. The van der Waals surface area contributed by atoms with E-state index in [4.69, 9.17) is 9.47 Å². The molecule has 1 unspecified atom stereocenters. The Morgan fingerprint density at radius 2 is 1.90 bits per heavy atom. The predicted octanol–water partition coefficient (Wildman–Crippen LogP) is 3.68. The van der Waals surface area contributed by atoms with Crippen molar-refractivity contribution in [3.8, 4) is 11.5 Å². The van der Waals surface area contributed by atoms with Gasteiger partial charge in [0.1, 0.15) is 5.82 Å². The first kappa shape index (κ1) is 15.1. The van der Waals surface area contributed by atoms with Crippen molar-refractivity contribution in [3.05, 3.63) is 23.5 Å². The fourth-order valence-corrected chi connectivity index (χ4v) is 2.77. The molecule has 0 spiro atoms. The van der Waals surface area contributed by atoms with E-state index in [-0.39, 0.29) is 11.9 Å². The molecule has 1 aromatic rings. The lowest BCUT2D eigenvalue weighted by Gasteiger charge is -2.30. The van der Waals surface area contributed by atoms with Crippen LogP contribution in [-0.2, 0) is 0 Å². The summed E-state index contributed by atoms with van der Waals surface area (Å²) in [5.41, 5.74) is 0.677. The van der Waals surface area contributed by atoms with Gasteiger partial charge in [-0.15, -0.1) is 0 Å². The van der Waals surface area contributed by atoms with Crippen LogP contribution in [0.2, 0.25) is 0 Å². The number of halogens is 1. The first-order chi connectivity index (χ1) is 9.69. The molecule has 1 aliphatic rings. The summed E-state index contributed by atoms with van der Waals surface area (Å²) in [7, 11) is 3.10. The van der Waals surface area contributed by atoms with Crippen molar-refractivity contribution in [2.75, 3.05) is 20.8 Å². The van der Waals surface area contributed by atoms with Crippen LogP contribution in [0.3, 0.4) is 0 Å². The van der Waals surface area contributed by atoms with Crippen LogP contribution >= 0.6 is 0 Å². The zero-order valence-corrected chi connectivity index (χ0v) is 12.5. The maximum atomic E-state index is 14.3. The van der Waals surface area contributed by atoms with Crippen LogP contribution in [0, 0.1) is 11.7 Å². The molecule has 0 saturated heterocycles. The second kappa shape index (κ2) is 6.93. The standard InChI is InChI=1S/C16H24FNO2/c1-4-18-14(8-11-6-5-7-11)12-9-15(19-2)16(20-3)10-13(12)17/h9-11,14,18H,4-8H2,1-3H3. The van der Waals surface area contributed by atoms with Crippen molar-refractivity contribution in [3.63, 3.8) is 0 Å². The van der Waals surface area contributed by atoms with E-state index < -0.39 is 0 Å². The lowest BCUT2D eigenvalue weighted by Crippen LogP contribution is -2.26. The van der Waals surface area contributed by atoms with E-state index in [1.54, 1.807) is 13.2 Å². The van der Waals surface area contributed by atoms with Crippen LogP contribution in [0.15, 0.2) is 12.1 Å². The fourth-order valence-electron chi connectivity index (χ4n) is 2.77. The van der Waals surface area contributed by atoms with Gasteiger partial charge in [0.05, 0.1) is 14.2 Å². The summed E-state index contributed by atoms with van der Waals surface area (Å²) in [6, 6.07) is 3.23. The average molecular weight is 281 g/mol. The number of nitrogens with one attached hydrogen (secondary N) is 1. The highest BCUT2D eigenvalue weighted by Crippen LogP contribution is 2.38. The quantitative estimate of drug-likeness (QED) is 0.827. The van der Waals surface area contributed by atoms with Gasteiger partial charge in [-0.25, -0.2) is 4.39 Å². The summed E-state index contributed by atoms with van der Waals surface area (Å²) in [5.74, 6) is 1.51. The highest BCUT2D eigenvalue weighted by atomic mass is 19.1. The highest BCUT2D eigenvalue weighted by Gasteiger charge is 2.25. The third-order valence-corrected chi connectivity index (χ3v) is 4.12. The highest BCUT2D eigenvalue weighted by molar-refractivity contribution is 5.44. The van der Waals surface area contributed by atoms with E-state index in [1.807, 2.05) is 6.92 Å². The Morgan fingerprint density at radius 1 is 1.25 bits per heavy atom. The number of hydrogen-bond donors (Lipinski definition) is 1. The van der Waals surface area contributed by atoms with Gasteiger partial charge in [-0.05, 0) is 24.9 Å². The van der Waals surface area contributed by atoms with Gasteiger partial charge in [-0.1, -0.05) is 26.2 Å². The Labute approximate surface area is 120 Å². The summed E-state index contributed by atoms with van der Waals surface area (Å²) in [4.78, 5) is 0. The largest absolute Gasteiger partial charge is 0.493 e. The second-order valence-electron chi connectivity index (χ2n) is 5.37. The van der Waals surface area contributed by atoms with Crippen molar-refractivity contribution in [1.82, 2.24) is 5.32 Å². The van der Waals surface area contributed by atoms with Crippen molar-refractivity contribution < 1.29 is 13.9 Å². The molecule has 1 N–H and O–H groups in total. The molecule has 0 bridgehead atoms. The minimum Gasteiger partial charge on any atom is -0.493 e. The molecule has 112 valence electrons. The molecule has 1 fully saturated rings. The maximum absolute atomic E-state index is 14.3. The zero-order chi connectivity index (χ0) is 14.5. The lowest BCUT2D eigenvalue weighted by molar-refractivity contribution is 0.259. The Hall–Kier alpha value is -1.29. The van der Waals surface area contributed by atoms with E-state index in [2.05, 4.69) is 5.32 Å². The molecule has 3 nitrogen and oxygen atoms in total. The number of hydrogen-bond acceptors (Lipinski definition) is 3. The van der Waals surface area contributed by atoms with E-state index in [0.29, 0.717) is 23.0 Å². The Balaban J connectivity index is 2.25. The molecule has 20 heavy (non-hydrogen) atoms. The van der Waals surface area contributed by atoms with E-state index >= 15 is 0 Å². The SMILES string of the molecule is CCNC(CC1CCC1)c1cc(OC)c(OC)cc1F. The summed E-state index contributed by atoms with van der Waals surface area (Å²) in [5, 5.41) is 3.39. The second-order valence-corrected chi connectivity index (χ2v) is 5.37. The van der Waals surface area contributed by atoms with Gasteiger partial charge < -0.3 is 14.8 Å². The zero-order valence-electron chi connectivity index (χ0n) is 12.5. The van der Waals surface area contributed by atoms with Crippen LogP contribution in [0.25, 0.3) is 0 Å². The number of ether oxygens (including phenoxy) is 2. The first-order valence-electron chi connectivity index (χ1n) is 7.34. The smallest absolute Gasteiger partial charge is 0.163 e. The molecule has 1 saturated carbocycles. The molecule has 1 atom stereocenters.